The minimum absolute atomic E-state index is 0.185. The van der Waals surface area contributed by atoms with Crippen LogP contribution >= 0.6 is 15.9 Å². The average Bonchev–Trinajstić information content (AvgIpc) is 2.49. The summed E-state index contributed by atoms with van der Waals surface area (Å²) in [4.78, 5) is 25.0. The van der Waals surface area contributed by atoms with Gasteiger partial charge in [0.1, 0.15) is 6.54 Å². The molecule has 1 unspecified atom stereocenters. The van der Waals surface area contributed by atoms with E-state index in [1.807, 2.05) is 13.8 Å². The van der Waals surface area contributed by atoms with Gasteiger partial charge >= 0.3 is 5.97 Å². The molecular formula is C15H20BrNO5. The fourth-order valence-electron chi connectivity index (χ4n) is 2.00. The van der Waals surface area contributed by atoms with Crippen molar-refractivity contribution in [2.75, 3.05) is 20.8 Å². The maximum atomic E-state index is 12.6. The lowest BCUT2D eigenvalue weighted by molar-refractivity contribution is -0.138. The van der Waals surface area contributed by atoms with Crippen LogP contribution in [0.3, 0.4) is 0 Å². The summed E-state index contributed by atoms with van der Waals surface area (Å²) >= 11 is 3.33. The Morgan fingerprint density at radius 3 is 2.41 bits per heavy atom. The third kappa shape index (κ3) is 4.13. The Balaban J connectivity index is 3.24. The van der Waals surface area contributed by atoms with Crippen molar-refractivity contribution in [2.45, 2.75) is 26.3 Å². The van der Waals surface area contributed by atoms with Crippen LogP contribution in [0.25, 0.3) is 0 Å². The van der Waals surface area contributed by atoms with Crippen molar-refractivity contribution in [1.82, 2.24) is 4.90 Å². The number of benzene rings is 1. The summed E-state index contributed by atoms with van der Waals surface area (Å²) < 4.78 is 11.0. The monoisotopic (exact) mass is 373 g/mol. The van der Waals surface area contributed by atoms with Gasteiger partial charge < -0.3 is 19.5 Å². The Hall–Kier alpha value is -1.76. The zero-order chi connectivity index (χ0) is 16.9. The average molecular weight is 374 g/mol. The minimum Gasteiger partial charge on any atom is -0.493 e. The number of hydrogen-bond acceptors (Lipinski definition) is 4. The molecular weight excluding hydrogens is 354 g/mol. The molecule has 1 N–H and O–H groups in total. The first-order chi connectivity index (χ1) is 10.3. The Kier molecular flexibility index (Phi) is 6.67. The molecule has 122 valence electrons. The number of halogens is 1. The normalized spacial score (nSPS) is 11.7. The van der Waals surface area contributed by atoms with Gasteiger partial charge in [0.15, 0.2) is 11.5 Å². The lowest BCUT2D eigenvalue weighted by atomic mass is 10.1. The molecule has 0 radical (unpaired) electrons. The van der Waals surface area contributed by atoms with Crippen molar-refractivity contribution < 1.29 is 24.2 Å². The summed E-state index contributed by atoms with van der Waals surface area (Å²) in [5.41, 5.74) is 0.339. The molecule has 0 aliphatic carbocycles. The predicted molar refractivity (Wildman–Crippen MR) is 85.7 cm³/mol. The largest absolute Gasteiger partial charge is 0.493 e. The molecule has 0 fully saturated rings. The molecule has 0 aliphatic rings. The van der Waals surface area contributed by atoms with Gasteiger partial charge in [-0.05, 0) is 41.4 Å². The molecule has 6 nitrogen and oxygen atoms in total. The molecule has 0 bridgehead atoms. The molecule has 0 heterocycles. The van der Waals surface area contributed by atoms with E-state index in [1.54, 1.807) is 12.1 Å². The third-order valence-corrected chi connectivity index (χ3v) is 3.96. The van der Waals surface area contributed by atoms with Crippen molar-refractivity contribution in [2.24, 2.45) is 0 Å². The van der Waals surface area contributed by atoms with Gasteiger partial charge in [-0.3, -0.25) is 9.59 Å². The molecule has 0 spiro atoms. The highest BCUT2D eigenvalue weighted by atomic mass is 79.9. The summed E-state index contributed by atoms with van der Waals surface area (Å²) in [7, 11) is 2.97. The van der Waals surface area contributed by atoms with Gasteiger partial charge in [-0.1, -0.05) is 6.92 Å². The zero-order valence-corrected chi connectivity index (χ0v) is 14.6. The second-order valence-electron chi connectivity index (χ2n) is 4.78. The fourth-order valence-corrected chi connectivity index (χ4v) is 2.61. The number of carboxylic acid groups (broad SMARTS) is 1. The number of amides is 1. The highest BCUT2D eigenvalue weighted by Crippen LogP contribution is 2.36. The molecule has 1 aromatic rings. The van der Waals surface area contributed by atoms with Crippen LogP contribution in [0.4, 0.5) is 0 Å². The lowest BCUT2D eigenvalue weighted by Gasteiger charge is -2.27. The van der Waals surface area contributed by atoms with E-state index in [1.165, 1.54) is 19.1 Å². The minimum atomic E-state index is -1.05. The number of ether oxygens (including phenoxy) is 2. The SMILES string of the molecule is CCC(C)N(CC(=O)O)C(=O)c1cc(Br)c(OC)c(OC)c1. The number of carbonyl (C=O) groups is 2. The molecule has 7 heteroatoms. The first-order valence-electron chi connectivity index (χ1n) is 6.79. The van der Waals surface area contributed by atoms with Crippen molar-refractivity contribution >= 4 is 27.8 Å². The second kappa shape index (κ2) is 8.03. The van der Waals surface area contributed by atoms with E-state index in [-0.39, 0.29) is 18.5 Å². The molecule has 0 saturated heterocycles. The Morgan fingerprint density at radius 2 is 1.95 bits per heavy atom. The Labute approximate surface area is 138 Å². The van der Waals surface area contributed by atoms with E-state index in [2.05, 4.69) is 15.9 Å². The summed E-state index contributed by atoms with van der Waals surface area (Å²) in [6.45, 7) is 3.37. The van der Waals surface area contributed by atoms with Gasteiger partial charge in [-0.25, -0.2) is 0 Å². The molecule has 0 saturated carbocycles. The van der Waals surface area contributed by atoms with Gasteiger partial charge in [-0.15, -0.1) is 0 Å². The van der Waals surface area contributed by atoms with E-state index >= 15 is 0 Å². The van der Waals surface area contributed by atoms with Crippen LogP contribution in [0.2, 0.25) is 0 Å². The van der Waals surface area contributed by atoms with E-state index in [0.29, 0.717) is 28.0 Å². The van der Waals surface area contributed by atoms with Crippen LogP contribution in [0.5, 0.6) is 11.5 Å². The zero-order valence-electron chi connectivity index (χ0n) is 13.1. The van der Waals surface area contributed by atoms with Crippen LogP contribution in [-0.4, -0.2) is 48.7 Å². The molecule has 0 aliphatic heterocycles. The summed E-state index contributed by atoms with van der Waals surface area (Å²) in [6, 6.07) is 2.96. The number of nitrogens with zero attached hydrogens (tertiary/aromatic N) is 1. The van der Waals surface area contributed by atoms with Crippen molar-refractivity contribution in [1.29, 1.82) is 0 Å². The van der Waals surface area contributed by atoms with Crippen LogP contribution in [0.1, 0.15) is 30.6 Å². The van der Waals surface area contributed by atoms with E-state index in [0.717, 1.165) is 0 Å². The van der Waals surface area contributed by atoms with E-state index in [4.69, 9.17) is 14.6 Å². The molecule has 1 aromatic carbocycles. The van der Waals surface area contributed by atoms with Crippen LogP contribution < -0.4 is 9.47 Å². The molecule has 1 amide bonds. The summed E-state index contributed by atoms with van der Waals surface area (Å²) in [6.07, 6.45) is 0.660. The van der Waals surface area contributed by atoms with Crippen molar-refractivity contribution in [3.63, 3.8) is 0 Å². The fraction of sp³-hybridized carbons (Fsp3) is 0.467. The quantitative estimate of drug-likeness (QED) is 0.794. The first kappa shape index (κ1) is 18.3. The number of aliphatic carboxylic acids is 1. The predicted octanol–water partition coefficient (Wildman–Crippen LogP) is 2.79. The first-order valence-corrected chi connectivity index (χ1v) is 7.59. The maximum Gasteiger partial charge on any atom is 0.323 e. The van der Waals surface area contributed by atoms with E-state index in [9.17, 15) is 9.59 Å². The highest BCUT2D eigenvalue weighted by Gasteiger charge is 2.24. The summed E-state index contributed by atoms with van der Waals surface area (Å²) in [5.74, 6) is -0.529. The number of methoxy groups -OCH3 is 2. The van der Waals surface area contributed by atoms with Gasteiger partial charge in [0, 0.05) is 11.6 Å². The van der Waals surface area contributed by atoms with Crippen molar-refractivity contribution in [3.8, 4) is 11.5 Å². The number of carbonyl (C=O) groups excluding carboxylic acids is 1. The van der Waals surface area contributed by atoms with Gasteiger partial charge in [0.05, 0.1) is 18.7 Å². The van der Waals surface area contributed by atoms with Gasteiger partial charge in [0.2, 0.25) is 0 Å². The number of hydrogen-bond donors (Lipinski definition) is 1. The van der Waals surface area contributed by atoms with Gasteiger partial charge in [0.25, 0.3) is 5.91 Å². The molecule has 22 heavy (non-hydrogen) atoms. The maximum absolute atomic E-state index is 12.6. The summed E-state index contributed by atoms with van der Waals surface area (Å²) in [5, 5.41) is 9.01. The Morgan fingerprint density at radius 1 is 1.32 bits per heavy atom. The number of carboxylic acids is 1. The third-order valence-electron chi connectivity index (χ3n) is 3.37. The van der Waals surface area contributed by atoms with Crippen LogP contribution in [0.15, 0.2) is 16.6 Å². The Bertz CT molecular complexity index is 561. The highest BCUT2D eigenvalue weighted by molar-refractivity contribution is 9.10. The number of rotatable bonds is 7. The molecule has 1 rings (SSSR count). The second-order valence-corrected chi connectivity index (χ2v) is 5.63. The van der Waals surface area contributed by atoms with Crippen LogP contribution in [-0.2, 0) is 4.79 Å². The lowest BCUT2D eigenvalue weighted by Crippen LogP contribution is -2.41. The van der Waals surface area contributed by atoms with E-state index < -0.39 is 5.97 Å². The smallest absolute Gasteiger partial charge is 0.323 e. The molecule has 1 atom stereocenters. The van der Waals surface area contributed by atoms with Gasteiger partial charge in [-0.2, -0.15) is 0 Å². The molecule has 0 aromatic heterocycles. The van der Waals surface area contributed by atoms with Crippen LogP contribution in [0, 0.1) is 0 Å². The topological polar surface area (TPSA) is 76.1 Å². The van der Waals surface area contributed by atoms with Crippen molar-refractivity contribution in [3.05, 3.63) is 22.2 Å². The standard InChI is InChI=1S/C15H20BrNO5/c1-5-9(2)17(8-13(18)19)15(20)10-6-11(16)14(22-4)12(7-10)21-3/h6-7,9H,5,8H2,1-4H3,(H,18,19).